The minimum absolute atomic E-state index is 1.03. The zero-order chi connectivity index (χ0) is 20.2. The molecule has 0 radical (unpaired) electrons. The number of aryl methyl sites for hydroxylation is 1. The monoisotopic (exact) mass is 468 g/mol. The van der Waals surface area contributed by atoms with Crippen molar-refractivity contribution in [1.82, 2.24) is 0 Å². The molecule has 5 rings (SSSR count). The summed E-state index contributed by atoms with van der Waals surface area (Å²) in [6.45, 7) is 0. The maximum atomic E-state index is 2.36. The first-order valence-electron chi connectivity index (χ1n) is 11.2. The van der Waals surface area contributed by atoms with Gasteiger partial charge in [-0.2, -0.15) is 0 Å². The minimum atomic E-state index is 1.03. The lowest BCUT2D eigenvalue weighted by atomic mass is 9.85. The summed E-state index contributed by atoms with van der Waals surface area (Å²) < 4.78 is 0. The van der Waals surface area contributed by atoms with E-state index in [0.29, 0.717) is 0 Å². The molecular formula is C26H28S4. The molecular weight excluding hydrogens is 441 g/mol. The maximum Gasteiger partial charge on any atom is 0.0449 e. The Kier molecular flexibility index (Phi) is 6.86. The third kappa shape index (κ3) is 4.99. The van der Waals surface area contributed by atoms with Crippen molar-refractivity contribution in [2.75, 3.05) is 0 Å². The Morgan fingerprint density at radius 1 is 0.633 bits per heavy atom. The molecule has 0 atom stereocenters. The van der Waals surface area contributed by atoms with Crippen LogP contribution in [0, 0.1) is 5.92 Å². The number of rotatable bonds is 8. The van der Waals surface area contributed by atoms with E-state index in [9.17, 15) is 0 Å². The van der Waals surface area contributed by atoms with Crippen LogP contribution in [0.1, 0.15) is 56.2 Å². The van der Waals surface area contributed by atoms with Crippen molar-refractivity contribution in [3.8, 4) is 29.3 Å². The SMILES string of the molecule is c1csc(-c2ccc(-c3ccc(-c4ccc(CCCCC5CCCCC5)s4)s3)s2)c1. The third-order valence-corrected chi connectivity index (χ3v) is 10.9. The van der Waals surface area contributed by atoms with Crippen LogP contribution >= 0.6 is 45.3 Å². The summed E-state index contributed by atoms with van der Waals surface area (Å²) in [6.07, 6.45) is 12.9. The van der Waals surface area contributed by atoms with Gasteiger partial charge in [-0.1, -0.05) is 51.0 Å². The highest BCUT2D eigenvalue weighted by atomic mass is 32.1. The van der Waals surface area contributed by atoms with Crippen molar-refractivity contribution in [3.63, 3.8) is 0 Å². The zero-order valence-corrected chi connectivity index (χ0v) is 20.5. The molecule has 0 spiro atoms. The fourth-order valence-corrected chi connectivity index (χ4v) is 8.55. The van der Waals surface area contributed by atoms with E-state index in [4.69, 9.17) is 0 Å². The van der Waals surface area contributed by atoms with Crippen LogP contribution in [0.2, 0.25) is 0 Å². The lowest BCUT2D eigenvalue weighted by Gasteiger charge is -2.21. The van der Waals surface area contributed by atoms with E-state index < -0.39 is 0 Å². The summed E-state index contributed by atoms with van der Waals surface area (Å²) in [5, 5.41) is 2.16. The largest absolute Gasteiger partial charge is 0.143 e. The number of hydrogen-bond acceptors (Lipinski definition) is 4. The predicted molar refractivity (Wildman–Crippen MR) is 138 cm³/mol. The molecule has 30 heavy (non-hydrogen) atoms. The van der Waals surface area contributed by atoms with Gasteiger partial charge in [0.05, 0.1) is 0 Å². The summed E-state index contributed by atoms with van der Waals surface area (Å²) in [5.41, 5.74) is 0. The predicted octanol–water partition coefficient (Wildman–Crippen LogP) is 10.2. The topological polar surface area (TPSA) is 0 Å². The molecule has 0 aliphatic heterocycles. The highest BCUT2D eigenvalue weighted by Gasteiger charge is 2.13. The van der Waals surface area contributed by atoms with Crippen molar-refractivity contribution in [2.24, 2.45) is 5.92 Å². The van der Waals surface area contributed by atoms with Crippen LogP contribution in [0.5, 0.6) is 0 Å². The van der Waals surface area contributed by atoms with Crippen LogP contribution in [0.15, 0.2) is 53.9 Å². The molecule has 0 amide bonds. The smallest absolute Gasteiger partial charge is 0.0449 e. The fourth-order valence-electron chi connectivity index (χ4n) is 4.48. The van der Waals surface area contributed by atoms with Crippen LogP contribution in [0.4, 0.5) is 0 Å². The van der Waals surface area contributed by atoms with Gasteiger partial charge in [0.25, 0.3) is 0 Å². The van der Waals surface area contributed by atoms with E-state index in [1.165, 1.54) is 87.1 Å². The highest BCUT2D eigenvalue weighted by Crippen LogP contribution is 2.42. The van der Waals surface area contributed by atoms with Crippen molar-refractivity contribution in [2.45, 2.75) is 57.8 Å². The Labute approximate surface area is 196 Å². The molecule has 0 nitrogen and oxygen atoms in total. The lowest BCUT2D eigenvalue weighted by molar-refractivity contribution is 0.330. The van der Waals surface area contributed by atoms with Gasteiger partial charge in [0.15, 0.2) is 0 Å². The summed E-state index contributed by atoms with van der Waals surface area (Å²) in [4.78, 5) is 9.92. The second kappa shape index (κ2) is 9.95. The Bertz CT molecular complexity index is 1040. The molecule has 4 aromatic rings. The van der Waals surface area contributed by atoms with Gasteiger partial charge in [0.2, 0.25) is 0 Å². The Morgan fingerprint density at radius 2 is 1.27 bits per heavy atom. The molecule has 0 unspecified atom stereocenters. The van der Waals surface area contributed by atoms with Crippen molar-refractivity contribution in [1.29, 1.82) is 0 Å². The first kappa shape index (κ1) is 20.7. The summed E-state index contributed by atoms with van der Waals surface area (Å²) >= 11 is 7.66. The quantitative estimate of drug-likeness (QED) is 0.226. The number of thiophene rings is 4. The standard InChI is InChI=1S/C26H28S4/c1-2-7-19(8-3-1)9-4-5-10-20-12-13-23(28-20)24-16-17-26(30-24)25-15-14-22(29-25)21-11-6-18-27-21/h6,11-19H,1-5,7-10H2. The van der Waals surface area contributed by atoms with Crippen LogP contribution < -0.4 is 0 Å². The van der Waals surface area contributed by atoms with Crippen molar-refractivity contribution >= 4 is 45.3 Å². The van der Waals surface area contributed by atoms with E-state index in [0.717, 1.165) is 5.92 Å². The molecule has 1 aliphatic carbocycles. The zero-order valence-electron chi connectivity index (χ0n) is 17.3. The molecule has 4 heteroatoms. The van der Waals surface area contributed by atoms with Crippen LogP contribution in [0.25, 0.3) is 29.3 Å². The third-order valence-electron chi connectivity index (χ3n) is 6.13. The second-order valence-corrected chi connectivity index (χ2v) is 12.6. The average molecular weight is 469 g/mol. The fraction of sp³-hybridized carbons (Fsp3) is 0.385. The van der Waals surface area contributed by atoms with Gasteiger partial charge in [0, 0.05) is 34.1 Å². The molecule has 1 saturated carbocycles. The van der Waals surface area contributed by atoms with E-state index in [-0.39, 0.29) is 0 Å². The van der Waals surface area contributed by atoms with Crippen molar-refractivity contribution < 1.29 is 0 Å². The normalized spacial score (nSPS) is 15.1. The van der Waals surface area contributed by atoms with Gasteiger partial charge in [-0.3, -0.25) is 0 Å². The van der Waals surface area contributed by atoms with Crippen LogP contribution in [-0.4, -0.2) is 0 Å². The van der Waals surface area contributed by atoms with Gasteiger partial charge < -0.3 is 0 Å². The van der Waals surface area contributed by atoms with Crippen molar-refractivity contribution in [3.05, 3.63) is 58.8 Å². The molecule has 0 bridgehead atoms. The molecule has 0 N–H and O–H groups in total. The van der Waals surface area contributed by atoms with Crippen LogP contribution in [-0.2, 0) is 6.42 Å². The molecule has 4 heterocycles. The summed E-state index contributed by atoms with van der Waals surface area (Å²) in [7, 11) is 0. The lowest BCUT2D eigenvalue weighted by Crippen LogP contribution is -2.05. The molecule has 4 aromatic heterocycles. The van der Waals surface area contributed by atoms with Gasteiger partial charge in [0.1, 0.15) is 0 Å². The van der Waals surface area contributed by atoms with Gasteiger partial charge >= 0.3 is 0 Å². The number of hydrogen-bond donors (Lipinski definition) is 0. The summed E-state index contributed by atoms with van der Waals surface area (Å²) in [5.74, 6) is 1.03. The first-order chi connectivity index (χ1) is 14.8. The second-order valence-electron chi connectivity index (χ2n) is 8.32. The molecule has 0 aromatic carbocycles. The summed E-state index contributed by atoms with van der Waals surface area (Å²) in [6, 6.07) is 18.2. The van der Waals surface area contributed by atoms with E-state index in [1.807, 2.05) is 45.3 Å². The maximum absolute atomic E-state index is 2.36. The average Bonchev–Trinajstić information content (AvgIpc) is 3.56. The molecule has 0 saturated heterocycles. The Morgan fingerprint density at radius 3 is 1.93 bits per heavy atom. The van der Waals surface area contributed by atoms with E-state index >= 15 is 0 Å². The van der Waals surface area contributed by atoms with E-state index in [1.54, 1.807) is 4.88 Å². The van der Waals surface area contributed by atoms with Gasteiger partial charge in [-0.05, 0) is 66.6 Å². The Balaban J connectivity index is 1.17. The molecule has 1 aliphatic rings. The Hall–Kier alpha value is -1.20. The van der Waals surface area contributed by atoms with E-state index in [2.05, 4.69) is 53.9 Å². The van der Waals surface area contributed by atoms with Gasteiger partial charge in [-0.25, -0.2) is 0 Å². The highest BCUT2D eigenvalue weighted by molar-refractivity contribution is 7.28. The molecule has 1 fully saturated rings. The molecule has 156 valence electrons. The van der Waals surface area contributed by atoms with Gasteiger partial charge in [-0.15, -0.1) is 45.3 Å². The van der Waals surface area contributed by atoms with Crippen LogP contribution in [0.3, 0.4) is 0 Å². The number of unbranched alkanes of at least 4 members (excludes halogenated alkanes) is 1. The first-order valence-corrected chi connectivity index (χ1v) is 14.5. The minimum Gasteiger partial charge on any atom is -0.143 e.